The maximum absolute atomic E-state index is 11.9. The van der Waals surface area contributed by atoms with E-state index in [9.17, 15) is 4.79 Å². The lowest BCUT2D eigenvalue weighted by Crippen LogP contribution is -2.38. The number of benzene rings is 1. The molecule has 7 heteroatoms. The minimum atomic E-state index is -0.263. The highest BCUT2D eigenvalue weighted by molar-refractivity contribution is 5.80. The number of nitrogens with zero attached hydrogens (tertiary/aromatic N) is 5. The van der Waals surface area contributed by atoms with Gasteiger partial charge < -0.3 is 9.30 Å². The van der Waals surface area contributed by atoms with E-state index in [4.69, 9.17) is 4.74 Å². The number of morpholine rings is 1. The van der Waals surface area contributed by atoms with E-state index in [-0.39, 0.29) is 5.56 Å². The van der Waals surface area contributed by atoms with Gasteiger partial charge in [0.15, 0.2) is 0 Å². The molecule has 1 aliphatic rings. The first-order chi connectivity index (χ1) is 11.2. The van der Waals surface area contributed by atoms with Crippen molar-refractivity contribution in [2.24, 2.45) is 0 Å². The van der Waals surface area contributed by atoms with Gasteiger partial charge in [-0.2, -0.15) is 14.6 Å². The molecule has 0 radical (unpaired) electrons. The molecule has 120 valence electrons. The molecular formula is C16H19N5O2. The number of ether oxygens (including phenoxy) is 1. The Labute approximate surface area is 133 Å². The molecule has 0 saturated carbocycles. The van der Waals surface area contributed by atoms with Gasteiger partial charge in [-0.25, -0.2) is 0 Å². The van der Waals surface area contributed by atoms with Gasteiger partial charge in [-0.1, -0.05) is 12.1 Å². The Morgan fingerprint density at radius 3 is 2.65 bits per heavy atom. The molecule has 4 rings (SSSR count). The number of hydrogen-bond acceptors (Lipinski definition) is 5. The lowest BCUT2D eigenvalue weighted by Gasteiger charge is -2.26. The predicted molar refractivity (Wildman–Crippen MR) is 86.7 cm³/mol. The average molecular weight is 313 g/mol. The maximum Gasteiger partial charge on any atom is 0.296 e. The van der Waals surface area contributed by atoms with Gasteiger partial charge in [0.05, 0.1) is 24.2 Å². The summed E-state index contributed by atoms with van der Waals surface area (Å²) in [5, 5.41) is 4.41. The zero-order chi connectivity index (χ0) is 15.8. The van der Waals surface area contributed by atoms with Crippen molar-refractivity contribution >= 4 is 16.8 Å². The van der Waals surface area contributed by atoms with E-state index < -0.39 is 0 Å². The van der Waals surface area contributed by atoms with Gasteiger partial charge in [0, 0.05) is 26.2 Å². The molecule has 3 aromatic rings. The van der Waals surface area contributed by atoms with Crippen molar-refractivity contribution in [2.45, 2.75) is 13.5 Å². The molecule has 1 saturated heterocycles. The van der Waals surface area contributed by atoms with Crippen LogP contribution in [-0.4, -0.2) is 56.9 Å². The molecule has 0 atom stereocenters. The number of hydrogen-bond donors (Lipinski definition) is 0. The summed E-state index contributed by atoms with van der Waals surface area (Å²) in [6, 6.07) is 8.03. The minimum absolute atomic E-state index is 0.263. The summed E-state index contributed by atoms with van der Waals surface area (Å²) in [7, 11) is 0. The monoisotopic (exact) mass is 313 g/mol. The topological polar surface area (TPSA) is 64.7 Å². The van der Waals surface area contributed by atoms with E-state index in [0.29, 0.717) is 11.5 Å². The fourth-order valence-electron chi connectivity index (χ4n) is 3.06. The first-order valence-electron chi connectivity index (χ1n) is 7.89. The zero-order valence-electron chi connectivity index (χ0n) is 13.1. The Hall–Kier alpha value is -2.25. The van der Waals surface area contributed by atoms with E-state index in [0.717, 1.165) is 50.4 Å². The first-order valence-corrected chi connectivity index (χ1v) is 7.89. The second kappa shape index (κ2) is 5.75. The fraction of sp³-hybridized carbons (Fsp3) is 0.438. The smallest absolute Gasteiger partial charge is 0.296 e. The molecule has 3 heterocycles. The van der Waals surface area contributed by atoms with Crippen LogP contribution in [0.15, 0.2) is 29.1 Å². The Kier molecular flexibility index (Phi) is 3.59. The molecule has 0 aliphatic carbocycles. The number of para-hydroxylation sites is 2. The molecule has 0 unspecified atom stereocenters. The summed E-state index contributed by atoms with van der Waals surface area (Å²) in [4.78, 5) is 18.6. The van der Waals surface area contributed by atoms with Gasteiger partial charge in [-0.3, -0.25) is 9.69 Å². The van der Waals surface area contributed by atoms with Gasteiger partial charge in [-0.05, 0) is 19.1 Å². The first kappa shape index (κ1) is 14.3. The molecule has 1 fully saturated rings. The zero-order valence-corrected chi connectivity index (χ0v) is 13.1. The number of aryl methyl sites for hydroxylation is 1. The van der Waals surface area contributed by atoms with Gasteiger partial charge >= 0.3 is 0 Å². The highest BCUT2D eigenvalue weighted by atomic mass is 16.5. The molecule has 23 heavy (non-hydrogen) atoms. The SMILES string of the molecule is Cc1nn2c3ccccc3n(CCN3CCOCC3)c2nc1=O. The van der Waals surface area contributed by atoms with Crippen molar-refractivity contribution < 1.29 is 4.74 Å². The quantitative estimate of drug-likeness (QED) is 0.712. The van der Waals surface area contributed by atoms with Crippen LogP contribution in [0.3, 0.4) is 0 Å². The van der Waals surface area contributed by atoms with Crippen LogP contribution >= 0.6 is 0 Å². The van der Waals surface area contributed by atoms with Crippen LogP contribution in [0.1, 0.15) is 5.69 Å². The Bertz CT molecular complexity index is 908. The van der Waals surface area contributed by atoms with Crippen LogP contribution in [0, 0.1) is 6.92 Å². The third-order valence-corrected chi connectivity index (χ3v) is 4.34. The lowest BCUT2D eigenvalue weighted by molar-refractivity contribution is 0.0366. The number of fused-ring (bicyclic) bond motifs is 3. The second-order valence-corrected chi connectivity index (χ2v) is 5.81. The van der Waals surface area contributed by atoms with Crippen LogP contribution in [0.25, 0.3) is 16.8 Å². The predicted octanol–water partition coefficient (Wildman–Crippen LogP) is 0.685. The van der Waals surface area contributed by atoms with Crippen molar-refractivity contribution in [1.82, 2.24) is 24.1 Å². The Balaban J connectivity index is 1.79. The van der Waals surface area contributed by atoms with E-state index in [1.165, 1.54) is 0 Å². The molecule has 0 bridgehead atoms. The van der Waals surface area contributed by atoms with Crippen LogP contribution < -0.4 is 5.56 Å². The summed E-state index contributed by atoms with van der Waals surface area (Å²) >= 11 is 0. The van der Waals surface area contributed by atoms with E-state index in [2.05, 4.69) is 19.5 Å². The maximum atomic E-state index is 11.9. The van der Waals surface area contributed by atoms with E-state index >= 15 is 0 Å². The van der Waals surface area contributed by atoms with Crippen molar-refractivity contribution in [3.63, 3.8) is 0 Å². The highest BCUT2D eigenvalue weighted by Crippen LogP contribution is 2.18. The molecule has 0 N–H and O–H groups in total. The van der Waals surface area contributed by atoms with Crippen LogP contribution in [0.4, 0.5) is 0 Å². The molecular weight excluding hydrogens is 294 g/mol. The average Bonchev–Trinajstić information content (AvgIpc) is 2.88. The van der Waals surface area contributed by atoms with Crippen molar-refractivity contribution in [3.8, 4) is 0 Å². The molecule has 2 aromatic heterocycles. The standard InChI is InChI=1S/C16H19N5O2/c1-12-15(22)17-16-20(7-6-19-8-10-23-11-9-19)13-4-2-3-5-14(13)21(16)18-12/h2-5H,6-11H2,1H3. The summed E-state index contributed by atoms with van der Waals surface area (Å²) in [6.07, 6.45) is 0. The summed E-state index contributed by atoms with van der Waals surface area (Å²) < 4.78 is 9.24. The number of rotatable bonds is 3. The van der Waals surface area contributed by atoms with Crippen molar-refractivity contribution in [3.05, 3.63) is 40.3 Å². The Morgan fingerprint density at radius 2 is 1.87 bits per heavy atom. The molecule has 7 nitrogen and oxygen atoms in total. The van der Waals surface area contributed by atoms with E-state index in [1.54, 1.807) is 11.4 Å². The number of imidazole rings is 1. The van der Waals surface area contributed by atoms with Crippen molar-refractivity contribution in [2.75, 3.05) is 32.8 Å². The van der Waals surface area contributed by atoms with E-state index in [1.807, 2.05) is 24.3 Å². The second-order valence-electron chi connectivity index (χ2n) is 5.81. The lowest BCUT2D eigenvalue weighted by atomic mass is 10.3. The third-order valence-electron chi connectivity index (χ3n) is 4.34. The molecule has 0 spiro atoms. The van der Waals surface area contributed by atoms with Gasteiger partial charge in [-0.15, -0.1) is 0 Å². The summed E-state index contributed by atoms with van der Waals surface area (Å²) in [5.41, 5.74) is 2.17. The van der Waals surface area contributed by atoms with Gasteiger partial charge in [0.2, 0.25) is 5.78 Å². The van der Waals surface area contributed by atoms with Crippen LogP contribution in [-0.2, 0) is 11.3 Å². The van der Waals surface area contributed by atoms with Gasteiger partial charge in [0.1, 0.15) is 5.69 Å². The third kappa shape index (κ3) is 2.51. The molecule has 0 amide bonds. The summed E-state index contributed by atoms with van der Waals surface area (Å²) in [5.74, 6) is 0.607. The molecule has 1 aliphatic heterocycles. The minimum Gasteiger partial charge on any atom is -0.379 e. The highest BCUT2D eigenvalue weighted by Gasteiger charge is 2.15. The normalized spacial score (nSPS) is 16.4. The van der Waals surface area contributed by atoms with Crippen LogP contribution in [0.5, 0.6) is 0 Å². The summed E-state index contributed by atoms with van der Waals surface area (Å²) in [6.45, 7) is 6.83. The largest absolute Gasteiger partial charge is 0.379 e. The molecule has 1 aromatic carbocycles. The fourth-order valence-corrected chi connectivity index (χ4v) is 3.06. The van der Waals surface area contributed by atoms with Gasteiger partial charge in [0.25, 0.3) is 5.56 Å². The number of aromatic nitrogens is 4. The van der Waals surface area contributed by atoms with Crippen molar-refractivity contribution in [1.29, 1.82) is 0 Å². The Morgan fingerprint density at radius 1 is 1.13 bits per heavy atom. The van der Waals surface area contributed by atoms with Crippen LogP contribution in [0.2, 0.25) is 0 Å².